The smallest absolute Gasteiger partial charge is 0.142 e. The summed E-state index contributed by atoms with van der Waals surface area (Å²) in [5.41, 5.74) is 1.58. The van der Waals surface area contributed by atoms with Crippen LogP contribution in [0.25, 0.3) is 0 Å². The van der Waals surface area contributed by atoms with E-state index < -0.39 is 17.5 Å². The van der Waals surface area contributed by atoms with Gasteiger partial charge in [-0.05, 0) is 97.6 Å². The van der Waals surface area contributed by atoms with Crippen molar-refractivity contribution < 1.29 is 13.2 Å². The van der Waals surface area contributed by atoms with Gasteiger partial charge in [0.25, 0.3) is 0 Å². The Hall–Kier alpha value is -1.48. The van der Waals surface area contributed by atoms with E-state index in [4.69, 9.17) is 11.6 Å². The lowest BCUT2D eigenvalue weighted by atomic mass is 9.74. The quantitative estimate of drug-likeness (QED) is 0.214. The lowest BCUT2D eigenvalue weighted by molar-refractivity contribution is 0.222. The molecular formula is C35H48ClF3. The monoisotopic (exact) mass is 560 g/mol. The van der Waals surface area contributed by atoms with Crippen molar-refractivity contribution in [2.45, 2.75) is 128 Å². The molecule has 2 aromatic carbocycles. The molecule has 0 aromatic heterocycles. The first-order valence-corrected chi connectivity index (χ1v) is 16.2. The molecule has 0 aliphatic heterocycles. The molecule has 2 saturated carbocycles. The van der Waals surface area contributed by atoms with Crippen molar-refractivity contribution in [3.8, 4) is 0 Å². The van der Waals surface area contributed by atoms with Crippen LogP contribution >= 0.6 is 11.6 Å². The van der Waals surface area contributed by atoms with E-state index in [0.717, 1.165) is 36.2 Å². The summed E-state index contributed by atoms with van der Waals surface area (Å²) in [5, 5.41) is 0.0566. The highest BCUT2D eigenvalue weighted by Crippen LogP contribution is 2.41. The number of hydrogen-bond donors (Lipinski definition) is 0. The summed E-state index contributed by atoms with van der Waals surface area (Å²) in [6.07, 6.45) is 21.8. The molecule has 0 nitrogen and oxygen atoms in total. The predicted molar refractivity (Wildman–Crippen MR) is 158 cm³/mol. The van der Waals surface area contributed by atoms with Gasteiger partial charge in [0.15, 0.2) is 0 Å². The van der Waals surface area contributed by atoms with Crippen LogP contribution in [0.1, 0.15) is 132 Å². The van der Waals surface area contributed by atoms with Crippen molar-refractivity contribution in [2.75, 3.05) is 0 Å². The molecule has 4 heteroatoms. The number of halogens is 4. The zero-order valence-electron chi connectivity index (χ0n) is 23.9. The minimum absolute atomic E-state index is 0.0566. The molecule has 0 N–H and O–H groups in total. The van der Waals surface area contributed by atoms with E-state index in [1.54, 1.807) is 18.2 Å². The molecule has 2 fully saturated rings. The molecule has 0 heterocycles. The van der Waals surface area contributed by atoms with Crippen LogP contribution in [0.15, 0.2) is 30.3 Å². The number of hydrogen-bond acceptors (Lipinski definition) is 0. The Morgan fingerprint density at radius 1 is 0.641 bits per heavy atom. The molecule has 39 heavy (non-hydrogen) atoms. The first kappa shape index (κ1) is 30.5. The molecule has 0 radical (unpaired) electrons. The van der Waals surface area contributed by atoms with Gasteiger partial charge >= 0.3 is 0 Å². The highest BCUT2D eigenvalue weighted by atomic mass is 35.5. The molecule has 2 aliphatic carbocycles. The first-order chi connectivity index (χ1) is 18.9. The van der Waals surface area contributed by atoms with Crippen LogP contribution in [0.3, 0.4) is 0 Å². The Balaban J connectivity index is 1.16. The molecule has 0 saturated heterocycles. The Morgan fingerprint density at radius 3 is 1.79 bits per heavy atom. The van der Waals surface area contributed by atoms with Crippen molar-refractivity contribution in [1.29, 1.82) is 0 Å². The third kappa shape index (κ3) is 9.27. The molecular weight excluding hydrogens is 513 g/mol. The van der Waals surface area contributed by atoms with Gasteiger partial charge in [-0.15, -0.1) is 0 Å². The molecule has 2 aliphatic rings. The maximum Gasteiger partial charge on any atom is 0.142 e. The fourth-order valence-electron chi connectivity index (χ4n) is 7.16. The Morgan fingerprint density at radius 2 is 1.21 bits per heavy atom. The van der Waals surface area contributed by atoms with Crippen LogP contribution in [-0.4, -0.2) is 0 Å². The van der Waals surface area contributed by atoms with E-state index >= 15 is 0 Å². The fourth-order valence-corrected chi connectivity index (χ4v) is 7.28. The second kappa shape index (κ2) is 15.5. The Bertz CT molecular complexity index is 996. The molecule has 0 unspecified atom stereocenters. The summed E-state index contributed by atoms with van der Waals surface area (Å²) in [7, 11) is 0. The third-order valence-corrected chi connectivity index (χ3v) is 10.1. The lowest BCUT2D eigenvalue weighted by Crippen LogP contribution is -2.18. The van der Waals surface area contributed by atoms with Gasteiger partial charge in [0.1, 0.15) is 17.5 Å². The maximum absolute atomic E-state index is 14.9. The topological polar surface area (TPSA) is 0 Å². The SMILES string of the molecule is CCCCCCC[C@H]1CC[C@H](CC[C@H]2CC[C@H](c3cc(F)c(CCc4ccc(Cl)c(F)c4)c(F)c3)CC2)CC1. The van der Waals surface area contributed by atoms with Gasteiger partial charge in [-0.3, -0.25) is 0 Å². The van der Waals surface area contributed by atoms with E-state index in [-0.39, 0.29) is 22.9 Å². The maximum atomic E-state index is 14.9. The number of aryl methyl sites for hydroxylation is 1. The Kier molecular flexibility index (Phi) is 12.1. The van der Waals surface area contributed by atoms with E-state index in [1.807, 2.05) is 0 Å². The summed E-state index contributed by atoms with van der Waals surface area (Å²) >= 11 is 5.74. The highest BCUT2D eigenvalue weighted by molar-refractivity contribution is 6.30. The molecule has 0 atom stereocenters. The average Bonchev–Trinajstić information content (AvgIpc) is 2.94. The normalized spacial score (nSPS) is 23.7. The summed E-state index contributed by atoms with van der Waals surface area (Å²) in [6.45, 7) is 2.28. The van der Waals surface area contributed by atoms with Gasteiger partial charge < -0.3 is 0 Å². The van der Waals surface area contributed by atoms with Gasteiger partial charge in [-0.1, -0.05) is 102 Å². The molecule has 0 spiro atoms. The van der Waals surface area contributed by atoms with Gasteiger partial charge in [0.05, 0.1) is 5.02 Å². The largest absolute Gasteiger partial charge is 0.207 e. The molecule has 4 rings (SSSR count). The van der Waals surface area contributed by atoms with Crippen molar-refractivity contribution in [3.05, 3.63) is 69.5 Å². The van der Waals surface area contributed by atoms with E-state index in [9.17, 15) is 13.2 Å². The standard InChI is InChI=1S/C35H48ClF3/c1-2-3-4-5-6-7-25-8-10-26(11-9-25)12-13-27-14-18-29(19-15-27)30-23-33(37)31(34(38)24-30)20-16-28-17-21-32(36)35(39)22-28/h17,21-27,29H,2-16,18-20H2,1H3/t25-,26-,27-,29-. The predicted octanol–water partition coefficient (Wildman–Crippen LogP) is 11.8. The van der Waals surface area contributed by atoms with E-state index in [1.165, 1.54) is 102 Å². The number of unbranched alkanes of at least 4 members (excludes halogenated alkanes) is 4. The van der Waals surface area contributed by atoms with Crippen LogP contribution in [0.5, 0.6) is 0 Å². The minimum atomic E-state index is -0.503. The van der Waals surface area contributed by atoms with Crippen molar-refractivity contribution in [1.82, 2.24) is 0 Å². The Labute approximate surface area is 240 Å². The average molecular weight is 561 g/mol. The van der Waals surface area contributed by atoms with Crippen molar-refractivity contribution in [2.24, 2.45) is 17.8 Å². The summed E-state index contributed by atoms with van der Waals surface area (Å²) < 4.78 is 43.5. The first-order valence-electron chi connectivity index (χ1n) is 15.8. The number of benzene rings is 2. The zero-order chi connectivity index (χ0) is 27.6. The third-order valence-electron chi connectivity index (χ3n) is 9.79. The van der Waals surface area contributed by atoms with Crippen LogP contribution in [0.4, 0.5) is 13.2 Å². The van der Waals surface area contributed by atoms with Gasteiger partial charge in [0, 0.05) is 5.56 Å². The van der Waals surface area contributed by atoms with Crippen LogP contribution in [0.2, 0.25) is 5.02 Å². The van der Waals surface area contributed by atoms with E-state index in [0.29, 0.717) is 12.0 Å². The fraction of sp³-hybridized carbons (Fsp3) is 0.657. The van der Waals surface area contributed by atoms with Crippen molar-refractivity contribution in [3.63, 3.8) is 0 Å². The number of rotatable bonds is 13. The summed E-state index contributed by atoms with van der Waals surface area (Å²) in [5.74, 6) is 1.46. The van der Waals surface area contributed by atoms with Gasteiger partial charge in [0.2, 0.25) is 0 Å². The zero-order valence-corrected chi connectivity index (χ0v) is 24.7. The highest BCUT2D eigenvalue weighted by Gasteiger charge is 2.26. The van der Waals surface area contributed by atoms with Crippen molar-refractivity contribution >= 4 is 11.6 Å². The van der Waals surface area contributed by atoms with E-state index in [2.05, 4.69) is 6.92 Å². The minimum Gasteiger partial charge on any atom is -0.207 e. The molecule has 2 aromatic rings. The van der Waals surface area contributed by atoms with Gasteiger partial charge in [-0.2, -0.15) is 0 Å². The lowest BCUT2D eigenvalue weighted by Gasteiger charge is -2.32. The second-order valence-electron chi connectivity index (χ2n) is 12.6. The van der Waals surface area contributed by atoms with Crippen LogP contribution in [0, 0.1) is 35.2 Å². The molecule has 216 valence electrons. The van der Waals surface area contributed by atoms with Crippen LogP contribution in [-0.2, 0) is 12.8 Å². The van der Waals surface area contributed by atoms with Gasteiger partial charge in [-0.25, -0.2) is 13.2 Å². The molecule has 0 amide bonds. The second-order valence-corrected chi connectivity index (χ2v) is 13.0. The summed E-state index contributed by atoms with van der Waals surface area (Å²) in [4.78, 5) is 0. The molecule has 0 bridgehead atoms. The summed E-state index contributed by atoms with van der Waals surface area (Å²) in [6, 6.07) is 7.63. The van der Waals surface area contributed by atoms with Crippen LogP contribution < -0.4 is 0 Å².